The summed E-state index contributed by atoms with van der Waals surface area (Å²) in [4.78, 5) is 11.3. The molecule has 0 spiro atoms. The summed E-state index contributed by atoms with van der Waals surface area (Å²) in [7, 11) is 1.33. The van der Waals surface area contributed by atoms with E-state index in [1.807, 2.05) is 0 Å². The molecular formula is C13H12F3NO3. The number of benzene rings is 1. The van der Waals surface area contributed by atoms with Gasteiger partial charge in [0.15, 0.2) is 0 Å². The highest BCUT2D eigenvalue weighted by atomic mass is 19.4. The molecule has 0 unspecified atom stereocenters. The van der Waals surface area contributed by atoms with E-state index in [1.165, 1.54) is 19.2 Å². The molecule has 0 aromatic heterocycles. The van der Waals surface area contributed by atoms with Crippen LogP contribution in [0, 0.1) is 11.8 Å². The molecule has 0 bridgehead atoms. The molecule has 20 heavy (non-hydrogen) atoms. The zero-order valence-corrected chi connectivity index (χ0v) is 10.5. The lowest BCUT2D eigenvalue weighted by atomic mass is 10.2. The number of methoxy groups -OCH3 is 1. The van der Waals surface area contributed by atoms with Crippen LogP contribution in [0.4, 0.5) is 18.9 Å². The fourth-order valence-corrected chi connectivity index (χ4v) is 1.40. The summed E-state index contributed by atoms with van der Waals surface area (Å²) in [5, 5.41) is 10.7. The van der Waals surface area contributed by atoms with Crippen LogP contribution in [0.2, 0.25) is 0 Å². The lowest BCUT2D eigenvalue weighted by Gasteiger charge is -2.11. The zero-order chi connectivity index (χ0) is 15.2. The van der Waals surface area contributed by atoms with Crippen LogP contribution in [0.15, 0.2) is 18.2 Å². The number of ether oxygens (including phenoxy) is 1. The lowest BCUT2D eigenvalue weighted by Crippen LogP contribution is -2.21. The first-order valence-electron chi connectivity index (χ1n) is 5.50. The van der Waals surface area contributed by atoms with Gasteiger partial charge in [0.05, 0.1) is 12.8 Å². The number of alkyl halides is 3. The minimum Gasteiger partial charge on any atom is -0.495 e. The summed E-state index contributed by atoms with van der Waals surface area (Å²) in [6.45, 7) is -0.345. The summed E-state index contributed by atoms with van der Waals surface area (Å²) in [6, 6.07) is 4.39. The minimum atomic E-state index is -4.58. The molecule has 4 nitrogen and oxygen atoms in total. The van der Waals surface area contributed by atoms with Gasteiger partial charge in [-0.2, -0.15) is 13.2 Å². The van der Waals surface area contributed by atoms with E-state index in [9.17, 15) is 18.0 Å². The van der Waals surface area contributed by atoms with Gasteiger partial charge in [-0.25, -0.2) is 0 Å². The van der Waals surface area contributed by atoms with Crippen molar-refractivity contribution < 1.29 is 27.8 Å². The Morgan fingerprint density at radius 2 is 2.15 bits per heavy atom. The number of aliphatic hydroxyl groups excluding tert-OH is 1. The second-order valence-electron chi connectivity index (χ2n) is 3.72. The van der Waals surface area contributed by atoms with Crippen molar-refractivity contribution in [1.82, 2.24) is 0 Å². The number of hydrogen-bond donors (Lipinski definition) is 2. The van der Waals surface area contributed by atoms with Gasteiger partial charge < -0.3 is 15.2 Å². The third kappa shape index (κ3) is 5.20. The van der Waals surface area contributed by atoms with Crippen LogP contribution >= 0.6 is 0 Å². The minimum absolute atomic E-state index is 0.0893. The van der Waals surface area contributed by atoms with Crippen LogP contribution in [0.3, 0.4) is 0 Å². The van der Waals surface area contributed by atoms with Crippen molar-refractivity contribution in [1.29, 1.82) is 0 Å². The van der Waals surface area contributed by atoms with Gasteiger partial charge in [-0.1, -0.05) is 11.8 Å². The second-order valence-corrected chi connectivity index (χ2v) is 3.72. The van der Waals surface area contributed by atoms with Crippen molar-refractivity contribution in [2.45, 2.75) is 12.6 Å². The van der Waals surface area contributed by atoms with Gasteiger partial charge in [-0.05, 0) is 18.2 Å². The molecule has 2 N–H and O–H groups in total. The van der Waals surface area contributed by atoms with E-state index in [0.29, 0.717) is 5.56 Å². The Kier molecular flexibility index (Phi) is 5.41. The molecule has 1 aromatic carbocycles. The largest absolute Gasteiger partial charge is 0.495 e. The highest BCUT2D eigenvalue weighted by Crippen LogP contribution is 2.27. The smallest absolute Gasteiger partial charge is 0.397 e. The van der Waals surface area contributed by atoms with Crippen LogP contribution in [0.25, 0.3) is 0 Å². The van der Waals surface area contributed by atoms with Crippen LogP contribution in [0.1, 0.15) is 12.0 Å². The normalized spacial score (nSPS) is 10.4. The molecule has 0 saturated carbocycles. The summed E-state index contributed by atoms with van der Waals surface area (Å²) >= 11 is 0. The van der Waals surface area contributed by atoms with E-state index in [0.717, 1.165) is 0 Å². The Morgan fingerprint density at radius 1 is 1.45 bits per heavy atom. The van der Waals surface area contributed by atoms with Crippen molar-refractivity contribution in [2.24, 2.45) is 0 Å². The van der Waals surface area contributed by atoms with Gasteiger partial charge in [0.25, 0.3) is 0 Å². The maximum Gasteiger partial charge on any atom is 0.397 e. The third-order valence-corrected chi connectivity index (χ3v) is 2.15. The van der Waals surface area contributed by atoms with Crippen molar-refractivity contribution in [3.8, 4) is 17.6 Å². The SMILES string of the molecule is COc1ccc(C#CCO)cc1NC(=O)CC(F)(F)F. The van der Waals surface area contributed by atoms with Gasteiger partial charge in [0.1, 0.15) is 18.8 Å². The first kappa shape index (κ1) is 15.9. The molecule has 0 aliphatic carbocycles. The number of anilines is 1. The summed E-state index contributed by atoms with van der Waals surface area (Å²) in [6.07, 6.45) is -6.16. The molecule has 1 amide bonds. The number of nitrogens with one attached hydrogen (secondary N) is 1. The second kappa shape index (κ2) is 6.82. The molecule has 1 rings (SSSR count). The van der Waals surface area contributed by atoms with Crippen LogP contribution < -0.4 is 10.1 Å². The number of hydrogen-bond acceptors (Lipinski definition) is 3. The molecule has 1 aromatic rings. The van der Waals surface area contributed by atoms with E-state index in [2.05, 4.69) is 17.2 Å². The maximum atomic E-state index is 12.1. The maximum absolute atomic E-state index is 12.1. The average Bonchev–Trinajstić information content (AvgIpc) is 2.34. The average molecular weight is 287 g/mol. The molecular weight excluding hydrogens is 275 g/mol. The van der Waals surface area contributed by atoms with Gasteiger partial charge in [0.2, 0.25) is 5.91 Å². The van der Waals surface area contributed by atoms with E-state index < -0.39 is 18.5 Å². The molecule has 0 radical (unpaired) electrons. The molecule has 7 heteroatoms. The fraction of sp³-hybridized carbons (Fsp3) is 0.308. The Labute approximate surface area is 113 Å². The number of carbonyl (C=O) groups is 1. The first-order chi connectivity index (χ1) is 9.35. The van der Waals surface area contributed by atoms with Gasteiger partial charge in [-0.3, -0.25) is 4.79 Å². The van der Waals surface area contributed by atoms with Crippen LogP contribution in [-0.2, 0) is 4.79 Å². The quantitative estimate of drug-likeness (QED) is 0.835. The summed E-state index contributed by atoms with van der Waals surface area (Å²) < 4.78 is 41.2. The summed E-state index contributed by atoms with van der Waals surface area (Å²) in [5.41, 5.74) is 0.522. The number of carbonyl (C=O) groups excluding carboxylic acids is 1. The van der Waals surface area contributed by atoms with Gasteiger partial charge >= 0.3 is 6.18 Å². The van der Waals surface area contributed by atoms with Gasteiger partial charge in [-0.15, -0.1) is 0 Å². The van der Waals surface area contributed by atoms with Crippen LogP contribution in [-0.4, -0.2) is 30.9 Å². The summed E-state index contributed by atoms with van der Waals surface area (Å²) in [5.74, 6) is 4.00. The topological polar surface area (TPSA) is 58.6 Å². The van der Waals surface area contributed by atoms with Crippen molar-refractivity contribution >= 4 is 11.6 Å². The molecule has 0 atom stereocenters. The highest BCUT2D eigenvalue weighted by molar-refractivity contribution is 5.92. The Balaban J connectivity index is 2.94. The van der Waals surface area contributed by atoms with Crippen molar-refractivity contribution in [3.05, 3.63) is 23.8 Å². The zero-order valence-electron chi connectivity index (χ0n) is 10.5. The van der Waals surface area contributed by atoms with Crippen molar-refractivity contribution in [2.75, 3.05) is 19.0 Å². The molecule has 0 aliphatic heterocycles. The number of amides is 1. The number of rotatable bonds is 3. The van der Waals surface area contributed by atoms with E-state index >= 15 is 0 Å². The van der Waals surface area contributed by atoms with Crippen LogP contribution in [0.5, 0.6) is 5.75 Å². The van der Waals surface area contributed by atoms with Gasteiger partial charge in [0, 0.05) is 5.56 Å². The predicted molar refractivity (Wildman–Crippen MR) is 66.3 cm³/mol. The first-order valence-corrected chi connectivity index (χ1v) is 5.50. The molecule has 0 heterocycles. The Bertz CT molecular complexity index is 544. The standard InChI is InChI=1S/C13H12F3NO3/c1-20-11-5-4-9(3-2-6-18)7-10(11)17-12(19)8-13(14,15)16/h4-5,7,18H,6,8H2,1H3,(H,17,19). The number of aliphatic hydroxyl groups is 1. The van der Waals surface area contributed by atoms with E-state index in [-0.39, 0.29) is 18.0 Å². The highest BCUT2D eigenvalue weighted by Gasteiger charge is 2.31. The monoisotopic (exact) mass is 287 g/mol. The van der Waals surface area contributed by atoms with E-state index in [1.54, 1.807) is 6.07 Å². The Morgan fingerprint density at radius 3 is 2.70 bits per heavy atom. The van der Waals surface area contributed by atoms with E-state index in [4.69, 9.17) is 9.84 Å². The number of halogens is 3. The lowest BCUT2D eigenvalue weighted by molar-refractivity contribution is -0.150. The molecule has 0 fully saturated rings. The van der Waals surface area contributed by atoms with Crippen molar-refractivity contribution in [3.63, 3.8) is 0 Å². The molecule has 0 aliphatic rings. The third-order valence-electron chi connectivity index (χ3n) is 2.15. The molecule has 0 saturated heterocycles. The molecule has 108 valence electrons. The predicted octanol–water partition coefficient (Wildman–Crippen LogP) is 1.93. The fourth-order valence-electron chi connectivity index (χ4n) is 1.40. The Hall–Kier alpha value is -2.20.